The number of carbonyl (C=O) groups excluding carboxylic acids is 1. The molecule has 0 unspecified atom stereocenters. The van der Waals surface area contributed by atoms with Crippen molar-refractivity contribution in [3.63, 3.8) is 0 Å². The van der Waals surface area contributed by atoms with Crippen LogP contribution in [0.25, 0.3) is 11.0 Å². The summed E-state index contributed by atoms with van der Waals surface area (Å²) in [5.41, 5.74) is 3.87. The minimum absolute atomic E-state index is 0.102. The molecule has 8 heteroatoms. The standard InChI is InChI=1S/C24H20Cl2N2O4/c1-13-8-9-18-17(10-20(29)32-22(18)14(13)2)12-31-24(30)21-15(3)27-28(23(21)26)11-16-6-4-5-7-19(16)25/h4-10H,11-12H2,1-3H3. The summed E-state index contributed by atoms with van der Waals surface area (Å²) in [6.07, 6.45) is 0. The Kier molecular flexibility index (Phi) is 6.09. The molecule has 0 saturated carbocycles. The molecule has 0 spiro atoms. The summed E-state index contributed by atoms with van der Waals surface area (Å²) in [7, 11) is 0. The lowest BCUT2D eigenvalue weighted by atomic mass is 10.0. The molecule has 2 aromatic carbocycles. The van der Waals surface area contributed by atoms with Gasteiger partial charge in [-0.25, -0.2) is 14.3 Å². The van der Waals surface area contributed by atoms with E-state index in [1.165, 1.54) is 10.7 Å². The molecule has 0 radical (unpaired) electrons. The number of nitrogens with zero attached hydrogens (tertiary/aromatic N) is 2. The molecule has 32 heavy (non-hydrogen) atoms. The van der Waals surface area contributed by atoms with Crippen molar-refractivity contribution < 1.29 is 13.9 Å². The van der Waals surface area contributed by atoms with Crippen LogP contribution in [-0.2, 0) is 17.9 Å². The van der Waals surface area contributed by atoms with Gasteiger partial charge in [-0.2, -0.15) is 5.10 Å². The highest BCUT2D eigenvalue weighted by molar-refractivity contribution is 6.33. The number of aromatic nitrogens is 2. The lowest BCUT2D eigenvalue weighted by molar-refractivity contribution is 0.0473. The van der Waals surface area contributed by atoms with Crippen LogP contribution in [0.15, 0.2) is 51.7 Å². The Hall–Kier alpha value is -3.09. The summed E-state index contributed by atoms with van der Waals surface area (Å²) in [5, 5.41) is 5.84. The van der Waals surface area contributed by atoms with Crippen molar-refractivity contribution in [3.05, 3.63) is 96.6 Å². The predicted molar refractivity (Wildman–Crippen MR) is 124 cm³/mol. The number of benzene rings is 2. The second-order valence-corrected chi connectivity index (χ2v) is 8.32. The van der Waals surface area contributed by atoms with Crippen LogP contribution < -0.4 is 5.63 Å². The lowest BCUT2D eigenvalue weighted by Crippen LogP contribution is -2.09. The third-order valence-corrected chi connectivity index (χ3v) is 6.18. The first-order valence-electron chi connectivity index (χ1n) is 9.92. The van der Waals surface area contributed by atoms with Gasteiger partial charge in [0.2, 0.25) is 0 Å². The maximum Gasteiger partial charge on any atom is 0.343 e. The number of fused-ring (bicyclic) bond motifs is 1. The minimum Gasteiger partial charge on any atom is -0.457 e. The third-order valence-electron chi connectivity index (χ3n) is 5.42. The van der Waals surface area contributed by atoms with E-state index in [1.54, 1.807) is 13.0 Å². The summed E-state index contributed by atoms with van der Waals surface area (Å²) < 4.78 is 12.4. The first-order chi connectivity index (χ1) is 15.3. The number of carbonyl (C=O) groups is 1. The average Bonchev–Trinajstić information content (AvgIpc) is 3.03. The van der Waals surface area contributed by atoms with Crippen LogP contribution in [0.3, 0.4) is 0 Å². The number of esters is 1. The molecule has 164 valence electrons. The quantitative estimate of drug-likeness (QED) is 0.279. The van der Waals surface area contributed by atoms with Crippen LogP contribution in [0.5, 0.6) is 0 Å². The van der Waals surface area contributed by atoms with Crippen LogP contribution >= 0.6 is 23.2 Å². The highest BCUT2D eigenvalue weighted by Gasteiger charge is 2.23. The van der Waals surface area contributed by atoms with Crippen molar-refractivity contribution in [2.45, 2.75) is 33.9 Å². The molecular weight excluding hydrogens is 451 g/mol. The Morgan fingerprint density at radius 2 is 1.84 bits per heavy atom. The Labute approximate surface area is 194 Å². The zero-order chi connectivity index (χ0) is 23.0. The molecule has 4 aromatic rings. The minimum atomic E-state index is -0.622. The SMILES string of the molecule is Cc1ccc2c(COC(=O)c3c(C)nn(Cc4ccccc4Cl)c3Cl)cc(=O)oc2c1C. The molecule has 0 atom stereocenters. The van der Waals surface area contributed by atoms with Gasteiger partial charge < -0.3 is 9.15 Å². The monoisotopic (exact) mass is 470 g/mol. The fourth-order valence-corrected chi connectivity index (χ4v) is 4.04. The van der Waals surface area contributed by atoms with Gasteiger partial charge in [-0.1, -0.05) is 53.5 Å². The highest BCUT2D eigenvalue weighted by Crippen LogP contribution is 2.26. The summed E-state index contributed by atoms with van der Waals surface area (Å²) in [4.78, 5) is 24.9. The van der Waals surface area contributed by atoms with Gasteiger partial charge in [-0.15, -0.1) is 0 Å². The summed E-state index contributed by atoms with van der Waals surface area (Å²) in [5.74, 6) is -0.622. The van der Waals surface area contributed by atoms with E-state index < -0.39 is 11.6 Å². The number of hydrogen-bond donors (Lipinski definition) is 0. The van der Waals surface area contributed by atoms with E-state index in [2.05, 4.69) is 5.10 Å². The molecule has 0 fully saturated rings. The first kappa shape index (κ1) is 22.1. The normalized spacial score (nSPS) is 11.2. The second-order valence-electron chi connectivity index (χ2n) is 7.55. The summed E-state index contributed by atoms with van der Waals surface area (Å²) >= 11 is 12.7. The van der Waals surface area contributed by atoms with Gasteiger partial charge in [0.1, 0.15) is 22.9 Å². The van der Waals surface area contributed by atoms with Crippen LogP contribution in [0.1, 0.15) is 38.3 Å². The van der Waals surface area contributed by atoms with E-state index in [9.17, 15) is 9.59 Å². The molecule has 4 rings (SSSR count). The fraction of sp³-hybridized carbons (Fsp3) is 0.208. The van der Waals surface area contributed by atoms with E-state index in [4.69, 9.17) is 32.4 Å². The second kappa shape index (κ2) is 8.81. The summed E-state index contributed by atoms with van der Waals surface area (Å²) in [6.45, 7) is 5.72. The first-order valence-corrected chi connectivity index (χ1v) is 10.7. The van der Waals surface area contributed by atoms with Gasteiger partial charge in [-0.3, -0.25) is 0 Å². The van der Waals surface area contributed by atoms with Gasteiger partial charge in [0.25, 0.3) is 0 Å². The Balaban J connectivity index is 1.59. The van der Waals surface area contributed by atoms with Gasteiger partial charge in [0.05, 0.1) is 12.2 Å². The highest BCUT2D eigenvalue weighted by atomic mass is 35.5. The Morgan fingerprint density at radius 3 is 2.59 bits per heavy atom. The van der Waals surface area contributed by atoms with Crippen molar-refractivity contribution in [3.8, 4) is 0 Å². The van der Waals surface area contributed by atoms with Gasteiger partial charge in [0.15, 0.2) is 0 Å². The van der Waals surface area contributed by atoms with Crippen molar-refractivity contribution in [1.82, 2.24) is 9.78 Å². The van der Waals surface area contributed by atoms with E-state index in [-0.39, 0.29) is 17.3 Å². The maximum absolute atomic E-state index is 12.8. The van der Waals surface area contributed by atoms with Crippen molar-refractivity contribution in [1.29, 1.82) is 0 Å². The third kappa shape index (κ3) is 4.16. The molecule has 0 aliphatic carbocycles. The Bertz CT molecular complexity index is 1410. The Morgan fingerprint density at radius 1 is 1.09 bits per heavy atom. The number of aryl methyl sites for hydroxylation is 3. The summed E-state index contributed by atoms with van der Waals surface area (Å²) in [6, 6.07) is 12.5. The lowest BCUT2D eigenvalue weighted by Gasteiger charge is -2.10. The molecule has 2 aromatic heterocycles. The molecule has 6 nitrogen and oxygen atoms in total. The van der Waals surface area contributed by atoms with Crippen molar-refractivity contribution >= 4 is 40.1 Å². The molecule has 0 aliphatic rings. The van der Waals surface area contributed by atoms with Gasteiger partial charge in [-0.05, 0) is 43.5 Å². The molecule has 2 heterocycles. The van der Waals surface area contributed by atoms with Crippen LogP contribution in [0, 0.1) is 20.8 Å². The number of hydrogen-bond acceptors (Lipinski definition) is 5. The number of halogens is 2. The molecule has 0 N–H and O–H groups in total. The average molecular weight is 471 g/mol. The zero-order valence-corrected chi connectivity index (χ0v) is 19.3. The fourth-order valence-electron chi connectivity index (χ4n) is 3.54. The van der Waals surface area contributed by atoms with E-state index >= 15 is 0 Å². The van der Waals surface area contributed by atoms with Gasteiger partial charge in [0, 0.05) is 22.0 Å². The smallest absolute Gasteiger partial charge is 0.343 e. The number of ether oxygens (including phenoxy) is 1. The van der Waals surface area contributed by atoms with Crippen molar-refractivity contribution in [2.24, 2.45) is 0 Å². The largest absolute Gasteiger partial charge is 0.457 e. The molecular formula is C24H20Cl2N2O4. The van der Waals surface area contributed by atoms with E-state index in [0.717, 1.165) is 22.1 Å². The molecule has 0 aliphatic heterocycles. The predicted octanol–water partition coefficient (Wildman–Crippen LogP) is 5.63. The molecule has 0 bridgehead atoms. The zero-order valence-electron chi connectivity index (χ0n) is 17.7. The van der Waals surface area contributed by atoms with E-state index in [0.29, 0.717) is 28.4 Å². The molecule has 0 amide bonds. The van der Waals surface area contributed by atoms with Crippen LogP contribution in [0.4, 0.5) is 0 Å². The van der Waals surface area contributed by atoms with E-state index in [1.807, 2.05) is 44.2 Å². The van der Waals surface area contributed by atoms with Gasteiger partial charge >= 0.3 is 11.6 Å². The number of rotatable bonds is 5. The maximum atomic E-state index is 12.8. The van der Waals surface area contributed by atoms with Crippen molar-refractivity contribution in [2.75, 3.05) is 0 Å². The van der Waals surface area contributed by atoms with Crippen LogP contribution in [0.2, 0.25) is 10.2 Å². The van der Waals surface area contributed by atoms with Crippen LogP contribution in [-0.4, -0.2) is 15.7 Å². The molecule has 0 saturated heterocycles. The topological polar surface area (TPSA) is 74.3 Å².